The molecule has 2 aromatic heterocycles. The summed E-state index contributed by atoms with van der Waals surface area (Å²) < 4.78 is 34.2. The molecule has 0 spiro atoms. The average Bonchev–Trinajstić information content (AvgIpc) is 3.13. The van der Waals surface area contributed by atoms with Gasteiger partial charge in [0.1, 0.15) is 12.3 Å². The number of carbonyl (C=O) groups excluding carboxylic acids is 1. The topological polar surface area (TPSA) is 112 Å². The van der Waals surface area contributed by atoms with Crippen molar-refractivity contribution in [1.29, 1.82) is 0 Å². The molecule has 0 saturated carbocycles. The van der Waals surface area contributed by atoms with Gasteiger partial charge in [0, 0.05) is 17.2 Å². The van der Waals surface area contributed by atoms with Crippen molar-refractivity contribution in [2.45, 2.75) is 19.9 Å². The molecule has 1 amide bonds. The summed E-state index contributed by atoms with van der Waals surface area (Å²) in [4.78, 5) is 27.7. The molecule has 2 aromatic carbocycles. The monoisotopic (exact) mass is 467 g/mol. The van der Waals surface area contributed by atoms with Gasteiger partial charge < -0.3 is 10.1 Å². The highest BCUT2D eigenvalue weighted by Crippen LogP contribution is 2.33. The number of nitro groups is 1. The van der Waals surface area contributed by atoms with Crippen molar-refractivity contribution in [3.8, 4) is 17.0 Å². The number of fused-ring (bicyclic) bond motifs is 1. The zero-order valence-electron chi connectivity index (χ0n) is 18.2. The minimum Gasteiger partial charge on any atom is -0.494 e. The smallest absolute Gasteiger partial charge is 0.273 e. The summed E-state index contributed by atoms with van der Waals surface area (Å²) in [7, 11) is 1.32. The Balaban J connectivity index is 1.70. The number of ether oxygens (including phenoxy) is 1. The number of nitrogens with one attached hydrogen (secondary N) is 1. The molecule has 9 nitrogen and oxygen atoms in total. The van der Waals surface area contributed by atoms with E-state index in [2.05, 4.69) is 15.4 Å². The van der Waals surface area contributed by atoms with Gasteiger partial charge in [0.15, 0.2) is 5.65 Å². The number of nitrogens with zero attached hydrogens (tertiary/aromatic N) is 4. The van der Waals surface area contributed by atoms with E-state index in [-0.39, 0.29) is 40.3 Å². The standard InChI is InChI=1S/C23H19F2N5O4/c1-13-21-16(22(24)25)11-18(14-6-4-3-5-7-14)27-23(21)29(28-13)12-20(31)26-17-9-8-15(30(32)33)10-19(17)34-2/h3-11,22H,12H2,1-2H3,(H,26,31). The highest BCUT2D eigenvalue weighted by Gasteiger charge is 2.22. The van der Waals surface area contributed by atoms with E-state index < -0.39 is 17.3 Å². The van der Waals surface area contributed by atoms with E-state index in [4.69, 9.17) is 4.74 Å². The number of benzene rings is 2. The molecule has 174 valence electrons. The minimum atomic E-state index is -2.76. The number of carbonyl (C=O) groups is 1. The van der Waals surface area contributed by atoms with Gasteiger partial charge in [-0.3, -0.25) is 14.9 Å². The van der Waals surface area contributed by atoms with Gasteiger partial charge >= 0.3 is 0 Å². The van der Waals surface area contributed by atoms with Crippen LogP contribution in [-0.4, -0.2) is 32.7 Å². The summed E-state index contributed by atoms with van der Waals surface area (Å²) in [6, 6.07) is 14.0. The van der Waals surface area contributed by atoms with Crippen LogP contribution in [0.2, 0.25) is 0 Å². The predicted molar refractivity (Wildman–Crippen MR) is 121 cm³/mol. The predicted octanol–water partition coefficient (Wildman–Crippen LogP) is 4.90. The van der Waals surface area contributed by atoms with Gasteiger partial charge in [0.2, 0.25) is 5.91 Å². The maximum absolute atomic E-state index is 13.9. The third-order valence-corrected chi connectivity index (χ3v) is 5.18. The summed E-state index contributed by atoms with van der Waals surface area (Å²) in [6.45, 7) is 1.25. The molecule has 0 fully saturated rings. The summed E-state index contributed by atoms with van der Waals surface area (Å²) in [6.07, 6.45) is -2.76. The maximum Gasteiger partial charge on any atom is 0.273 e. The van der Waals surface area contributed by atoms with Gasteiger partial charge in [-0.05, 0) is 19.1 Å². The molecule has 1 N–H and O–H groups in total. The maximum atomic E-state index is 13.9. The number of amides is 1. The largest absolute Gasteiger partial charge is 0.494 e. The van der Waals surface area contributed by atoms with Crippen LogP contribution >= 0.6 is 0 Å². The summed E-state index contributed by atoms with van der Waals surface area (Å²) in [5.74, 6) is -0.435. The van der Waals surface area contributed by atoms with Crippen LogP contribution in [0.4, 0.5) is 20.2 Å². The van der Waals surface area contributed by atoms with Gasteiger partial charge in [0.25, 0.3) is 12.1 Å². The van der Waals surface area contributed by atoms with Crippen LogP contribution in [0.15, 0.2) is 54.6 Å². The van der Waals surface area contributed by atoms with E-state index >= 15 is 0 Å². The van der Waals surface area contributed by atoms with Crippen LogP contribution in [0.1, 0.15) is 17.7 Å². The van der Waals surface area contributed by atoms with E-state index in [0.29, 0.717) is 17.0 Å². The SMILES string of the molecule is COc1cc([N+](=O)[O-])ccc1NC(=O)Cn1nc(C)c2c(C(F)F)cc(-c3ccccc3)nc21. The van der Waals surface area contributed by atoms with Crippen molar-refractivity contribution in [3.05, 3.63) is 76.0 Å². The van der Waals surface area contributed by atoms with E-state index in [1.807, 2.05) is 0 Å². The Morgan fingerprint density at radius 1 is 1.21 bits per heavy atom. The fourth-order valence-electron chi connectivity index (χ4n) is 3.65. The molecule has 2 heterocycles. The Bertz CT molecular complexity index is 1390. The van der Waals surface area contributed by atoms with Crippen LogP contribution in [0.5, 0.6) is 5.75 Å². The lowest BCUT2D eigenvalue weighted by atomic mass is 10.1. The molecule has 11 heteroatoms. The Hall–Kier alpha value is -4.41. The molecule has 0 atom stereocenters. The van der Waals surface area contributed by atoms with E-state index in [9.17, 15) is 23.7 Å². The number of hydrogen-bond acceptors (Lipinski definition) is 6. The quantitative estimate of drug-likeness (QED) is 0.306. The molecule has 0 unspecified atom stereocenters. The average molecular weight is 467 g/mol. The molecule has 4 aromatic rings. The summed E-state index contributed by atoms with van der Waals surface area (Å²) in [5, 5.41) is 18.0. The van der Waals surface area contributed by atoms with Gasteiger partial charge in [-0.1, -0.05) is 30.3 Å². The summed E-state index contributed by atoms with van der Waals surface area (Å²) >= 11 is 0. The number of aryl methyl sites for hydroxylation is 1. The summed E-state index contributed by atoms with van der Waals surface area (Å²) in [5.41, 5.74) is 1.26. The Morgan fingerprint density at radius 2 is 1.94 bits per heavy atom. The van der Waals surface area contributed by atoms with Crippen LogP contribution in [0, 0.1) is 17.0 Å². The number of non-ortho nitro benzene ring substituents is 1. The van der Waals surface area contributed by atoms with Gasteiger partial charge in [0.05, 0.1) is 40.6 Å². The fraction of sp³-hybridized carbons (Fsp3) is 0.174. The molecule has 0 aliphatic carbocycles. The highest BCUT2D eigenvalue weighted by atomic mass is 19.3. The molecule has 0 radical (unpaired) electrons. The first-order valence-corrected chi connectivity index (χ1v) is 10.1. The molecule has 0 saturated heterocycles. The van der Waals surface area contributed by atoms with Crippen LogP contribution in [0.3, 0.4) is 0 Å². The third kappa shape index (κ3) is 4.40. The zero-order chi connectivity index (χ0) is 24.4. The lowest BCUT2D eigenvalue weighted by molar-refractivity contribution is -0.384. The number of aromatic nitrogens is 3. The number of alkyl halides is 2. The number of halogens is 2. The number of methoxy groups -OCH3 is 1. The zero-order valence-corrected chi connectivity index (χ0v) is 18.2. The number of pyridine rings is 1. The van der Waals surface area contributed by atoms with E-state index in [0.717, 1.165) is 0 Å². The number of nitro benzene ring substituents is 1. The van der Waals surface area contributed by atoms with E-state index in [1.54, 1.807) is 37.3 Å². The Kier molecular flexibility index (Phi) is 6.17. The lowest BCUT2D eigenvalue weighted by Gasteiger charge is -2.11. The third-order valence-electron chi connectivity index (χ3n) is 5.18. The fourth-order valence-corrected chi connectivity index (χ4v) is 3.65. The molecule has 34 heavy (non-hydrogen) atoms. The molecular formula is C23H19F2N5O4. The second-order valence-electron chi connectivity index (χ2n) is 7.39. The van der Waals surface area contributed by atoms with Crippen molar-refractivity contribution in [3.63, 3.8) is 0 Å². The van der Waals surface area contributed by atoms with Gasteiger partial charge in [-0.25, -0.2) is 18.4 Å². The van der Waals surface area contributed by atoms with Gasteiger partial charge in [-0.15, -0.1) is 0 Å². The van der Waals surface area contributed by atoms with Gasteiger partial charge in [-0.2, -0.15) is 5.10 Å². The highest BCUT2D eigenvalue weighted by molar-refractivity contribution is 5.94. The van der Waals surface area contributed by atoms with E-state index in [1.165, 1.54) is 36.1 Å². The normalized spacial score (nSPS) is 11.1. The number of rotatable bonds is 7. The molecule has 0 aliphatic rings. The second-order valence-corrected chi connectivity index (χ2v) is 7.39. The van der Waals surface area contributed by atoms with Crippen LogP contribution in [-0.2, 0) is 11.3 Å². The molecule has 0 bridgehead atoms. The van der Waals surface area contributed by atoms with Crippen molar-refractivity contribution < 1.29 is 23.2 Å². The molecule has 0 aliphatic heterocycles. The number of anilines is 1. The van der Waals surface area contributed by atoms with Crippen molar-refractivity contribution in [2.75, 3.05) is 12.4 Å². The molecular weight excluding hydrogens is 448 g/mol. The van der Waals surface area contributed by atoms with Crippen molar-refractivity contribution >= 4 is 28.3 Å². The lowest BCUT2D eigenvalue weighted by Crippen LogP contribution is -2.20. The second kappa shape index (κ2) is 9.22. The van der Waals surface area contributed by atoms with Crippen molar-refractivity contribution in [2.24, 2.45) is 0 Å². The Morgan fingerprint density at radius 3 is 2.59 bits per heavy atom. The Labute approximate surface area is 192 Å². The first-order valence-electron chi connectivity index (χ1n) is 10.1. The first-order chi connectivity index (χ1) is 16.3. The number of hydrogen-bond donors (Lipinski definition) is 1. The van der Waals surface area contributed by atoms with Crippen LogP contribution < -0.4 is 10.1 Å². The minimum absolute atomic E-state index is 0.105. The van der Waals surface area contributed by atoms with Crippen molar-refractivity contribution in [1.82, 2.24) is 14.8 Å². The molecule has 4 rings (SSSR count). The van der Waals surface area contributed by atoms with Crippen LogP contribution in [0.25, 0.3) is 22.3 Å². The first kappa shape index (κ1) is 22.8.